The van der Waals surface area contributed by atoms with Crippen LogP contribution in [0.3, 0.4) is 0 Å². The van der Waals surface area contributed by atoms with Crippen LogP contribution in [-0.4, -0.2) is 49.6 Å². The Hall–Kier alpha value is -3.02. The van der Waals surface area contributed by atoms with Gasteiger partial charge < -0.3 is 4.90 Å². The molecule has 7 nitrogen and oxygen atoms in total. The molecule has 3 heterocycles. The zero-order valence-electron chi connectivity index (χ0n) is 14.8. The smallest absolute Gasteiger partial charge is 0.329 e. The molecule has 3 aromatic rings. The highest BCUT2D eigenvalue weighted by Crippen LogP contribution is 2.37. The Morgan fingerprint density at radius 3 is 2.60 bits per heavy atom. The van der Waals surface area contributed by atoms with E-state index in [1.54, 1.807) is 0 Å². The van der Waals surface area contributed by atoms with Gasteiger partial charge in [0.15, 0.2) is 5.65 Å². The molecule has 30 heavy (non-hydrogen) atoms. The van der Waals surface area contributed by atoms with E-state index in [0.717, 1.165) is 27.9 Å². The van der Waals surface area contributed by atoms with Crippen LogP contribution in [0, 0.1) is 0 Å². The van der Waals surface area contributed by atoms with E-state index in [4.69, 9.17) is 11.6 Å². The number of fused-ring (bicyclic) bond motifs is 1. The standard InChI is InChI=1S/C17H11ClF5N5O2/c18-10-2-1-8(3-9(10)17(21,22)23)13-12-14(26-25-13)24-7-27(15(12)30)4-11(29)28-5-16(19,20)6-28/h1-3,7H,4-6H2,(H,25,26). The van der Waals surface area contributed by atoms with Gasteiger partial charge in [-0.05, 0) is 12.1 Å². The van der Waals surface area contributed by atoms with E-state index >= 15 is 0 Å². The summed E-state index contributed by atoms with van der Waals surface area (Å²) in [4.78, 5) is 29.7. The van der Waals surface area contributed by atoms with Crippen LogP contribution in [0.5, 0.6) is 0 Å². The number of amides is 1. The lowest BCUT2D eigenvalue weighted by Crippen LogP contribution is -2.59. The maximum Gasteiger partial charge on any atom is 0.417 e. The predicted molar refractivity (Wildman–Crippen MR) is 95.1 cm³/mol. The first-order valence-electron chi connectivity index (χ1n) is 8.42. The summed E-state index contributed by atoms with van der Waals surface area (Å²) in [5.41, 5.74) is -1.98. The minimum Gasteiger partial charge on any atom is -0.329 e. The predicted octanol–water partition coefficient (Wildman–Crippen LogP) is 2.94. The maximum atomic E-state index is 13.2. The maximum absolute atomic E-state index is 13.2. The average Bonchev–Trinajstić information content (AvgIpc) is 3.06. The Bertz CT molecular complexity index is 1210. The van der Waals surface area contributed by atoms with E-state index in [1.165, 1.54) is 6.07 Å². The van der Waals surface area contributed by atoms with Crippen molar-refractivity contribution in [1.82, 2.24) is 24.6 Å². The molecule has 0 unspecified atom stereocenters. The number of aromatic amines is 1. The summed E-state index contributed by atoms with van der Waals surface area (Å²) < 4.78 is 66.2. The minimum absolute atomic E-state index is 0.0143. The molecule has 0 bridgehead atoms. The Morgan fingerprint density at radius 2 is 1.97 bits per heavy atom. The summed E-state index contributed by atoms with van der Waals surface area (Å²) in [5.74, 6) is -3.66. The molecule has 1 aliphatic heterocycles. The minimum atomic E-state index is -4.72. The molecule has 0 aliphatic carbocycles. The van der Waals surface area contributed by atoms with Gasteiger partial charge in [-0.3, -0.25) is 19.3 Å². The van der Waals surface area contributed by atoms with E-state index in [1.807, 2.05) is 0 Å². The highest BCUT2D eigenvalue weighted by atomic mass is 35.5. The first-order chi connectivity index (χ1) is 14.0. The van der Waals surface area contributed by atoms with E-state index in [0.29, 0.717) is 0 Å². The number of carbonyl (C=O) groups excluding carboxylic acids is 1. The number of alkyl halides is 5. The lowest BCUT2D eigenvalue weighted by atomic mass is 10.1. The quantitative estimate of drug-likeness (QED) is 0.626. The molecule has 1 N–H and O–H groups in total. The van der Waals surface area contributed by atoms with Gasteiger partial charge in [0.05, 0.1) is 29.4 Å². The zero-order valence-corrected chi connectivity index (χ0v) is 15.6. The van der Waals surface area contributed by atoms with Crippen molar-refractivity contribution in [3.05, 3.63) is 45.5 Å². The highest BCUT2D eigenvalue weighted by molar-refractivity contribution is 6.31. The third kappa shape index (κ3) is 3.51. The second-order valence-electron chi connectivity index (χ2n) is 6.77. The van der Waals surface area contributed by atoms with Crippen molar-refractivity contribution < 1.29 is 26.7 Å². The molecule has 0 radical (unpaired) electrons. The van der Waals surface area contributed by atoms with Crippen LogP contribution < -0.4 is 5.56 Å². The molecular weight excluding hydrogens is 437 g/mol. The lowest BCUT2D eigenvalue weighted by Gasteiger charge is -2.38. The van der Waals surface area contributed by atoms with Gasteiger partial charge in [-0.25, -0.2) is 13.8 Å². The topological polar surface area (TPSA) is 83.9 Å². The van der Waals surface area contributed by atoms with Gasteiger partial charge in [-0.15, -0.1) is 0 Å². The molecule has 1 aliphatic rings. The van der Waals surface area contributed by atoms with Crippen molar-refractivity contribution in [2.24, 2.45) is 0 Å². The van der Waals surface area contributed by atoms with Crippen molar-refractivity contribution in [2.45, 2.75) is 18.6 Å². The molecule has 1 amide bonds. The second kappa shape index (κ2) is 6.76. The number of halogens is 6. The lowest BCUT2D eigenvalue weighted by molar-refractivity contribution is -0.166. The van der Waals surface area contributed by atoms with Crippen LogP contribution >= 0.6 is 11.6 Å². The van der Waals surface area contributed by atoms with Gasteiger partial charge in [0, 0.05) is 5.56 Å². The zero-order chi connectivity index (χ0) is 21.8. The van der Waals surface area contributed by atoms with Crippen LogP contribution in [0.1, 0.15) is 5.56 Å². The van der Waals surface area contributed by atoms with Crippen LogP contribution in [0.25, 0.3) is 22.3 Å². The molecule has 0 saturated carbocycles. The van der Waals surface area contributed by atoms with Crippen molar-refractivity contribution in [2.75, 3.05) is 13.1 Å². The normalized spacial score (nSPS) is 16.0. The number of hydrogen-bond donors (Lipinski definition) is 1. The second-order valence-corrected chi connectivity index (χ2v) is 7.18. The van der Waals surface area contributed by atoms with Crippen molar-refractivity contribution in [3.63, 3.8) is 0 Å². The summed E-state index contributed by atoms with van der Waals surface area (Å²) in [7, 11) is 0. The highest BCUT2D eigenvalue weighted by Gasteiger charge is 2.46. The Balaban J connectivity index is 1.73. The number of aromatic nitrogens is 4. The Kier molecular flexibility index (Phi) is 4.56. The first-order valence-corrected chi connectivity index (χ1v) is 8.80. The molecule has 0 atom stereocenters. The SMILES string of the molecule is O=C(Cn1cnc2n[nH]c(-c3ccc(Cl)c(C(F)(F)F)c3)c2c1=O)N1CC(F)(F)C1. The summed E-state index contributed by atoms with van der Waals surface area (Å²) in [5, 5.41) is 5.63. The monoisotopic (exact) mass is 447 g/mol. The summed E-state index contributed by atoms with van der Waals surface area (Å²) in [6, 6.07) is 3.07. The Morgan fingerprint density at radius 1 is 1.27 bits per heavy atom. The number of likely N-dealkylation sites (tertiary alicyclic amines) is 1. The van der Waals surface area contributed by atoms with Crippen LogP contribution in [-0.2, 0) is 17.5 Å². The number of nitrogens with zero attached hydrogens (tertiary/aromatic N) is 4. The third-order valence-electron chi connectivity index (χ3n) is 4.60. The van der Waals surface area contributed by atoms with Crippen molar-refractivity contribution in [3.8, 4) is 11.3 Å². The largest absolute Gasteiger partial charge is 0.417 e. The van der Waals surface area contributed by atoms with E-state index in [2.05, 4.69) is 15.2 Å². The van der Waals surface area contributed by atoms with Gasteiger partial charge in [0.2, 0.25) is 5.91 Å². The third-order valence-corrected chi connectivity index (χ3v) is 4.93. The summed E-state index contributed by atoms with van der Waals surface area (Å²) >= 11 is 5.62. The Labute approximate surface area is 169 Å². The van der Waals surface area contributed by atoms with Crippen molar-refractivity contribution in [1.29, 1.82) is 0 Å². The molecule has 13 heteroatoms. The van der Waals surface area contributed by atoms with E-state index in [9.17, 15) is 31.5 Å². The fraction of sp³-hybridized carbons (Fsp3) is 0.294. The summed E-state index contributed by atoms with van der Waals surface area (Å²) in [6.45, 7) is -2.02. The van der Waals surface area contributed by atoms with Gasteiger partial charge in [0.1, 0.15) is 18.3 Å². The van der Waals surface area contributed by atoms with Crippen LogP contribution in [0.4, 0.5) is 22.0 Å². The van der Waals surface area contributed by atoms with Gasteiger partial charge in [0.25, 0.3) is 11.5 Å². The number of carbonyl (C=O) groups is 1. The van der Waals surface area contributed by atoms with Crippen molar-refractivity contribution >= 4 is 28.5 Å². The molecule has 4 rings (SSSR count). The first kappa shape index (κ1) is 20.3. The average molecular weight is 448 g/mol. The number of benzene rings is 1. The fourth-order valence-electron chi connectivity index (χ4n) is 3.10. The van der Waals surface area contributed by atoms with E-state index in [-0.39, 0.29) is 22.3 Å². The van der Waals surface area contributed by atoms with Crippen LogP contribution in [0.15, 0.2) is 29.3 Å². The molecule has 1 fully saturated rings. The fourth-order valence-corrected chi connectivity index (χ4v) is 3.33. The number of rotatable bonds is 3. The number of nitrogens with one attached hydrogen (secondary N) is 1. The van der Waals surface area contributed by atoms with E-state index < -0.39 is 53.8 Å². The molecule has 0 spiro atoms. The van der Waals surface area contributed by atoms with Gasteiger partial charge in [-0.1, -0.05) is 17.7 Å². The number of hydrogen-bond acceptors (Lipinski definition) is 4. The molecular formula is C17H11ClF5N5O2. The van der Waals surface area contributed by atoms with Gasteiger partial charge >= 0.3 is 6.18 Å². The molecule has 1 saturated heterocycles. The molecule has 2 aromatic heterocycles. The van der Waals surface area contributed by atoms with Gasteiger partial charge in [-0.2, -0.15) is 18.3 Å². The molecule has 1 aromatic carbocycles. The molecule has 158 valence electrons. The number of H-pyrrole nitrogens is 1. The van der Waals surface area contributed by atoms with Crippen LogP contribution in [0.2, 0.25) is 5.02 Å². The summed E-state index contributed by atoms with van der Waals surface area (Å²) in [6.07, 6.45) is -3.69.